The number of anilines is 1. The smallest absolute Gasteiger partial charge is 0.395 e. The Bertz CT molecular complexity index is 1600. The zero-order chi connectivity index (χ0) is 34.0. The molecule has 1 aliphatic rings. The summed E-state index contributed by atoms with van der Waals surface area (Å²) in [7, 11) is 0. The number of rotatable bonds is 9. The number of hydrogen-bond acceptors (Lipinski definition) is 4. The molecular formula is C34H34Cl2F5N3O2. The number of aryl methyl sites for hydroxylation is 1. The van der Waals surface area contributed by atoms with Crippen LogP contribution in [0.15, 0.2) is 60.7 Å². The number of halogens is 7. The van der Waals surface area contributed by atoms with Crippen LogP contribution >= 0.6 is 23.2 Å². The minimum absolute atomic E-state index is 0.00797. The molecule has 1 heterocycles. The van der Waals surface area contributed by atoms with Crippen molar-refractivity contribution in [3.05, 3.63) is 99.0 Å². The van der Waals surface area contributed by atoms with Gasteiger partial charge in [-0.2, -0.15) is 18.4 Å². The van der Waals surface area contributed by atoms with Gasteiger partial charge in [0.05, 0.1) is 17.7 Å². The average molecular weight is 683 g/mol. The molecule has 0 bridgehead atoms. The first-order valence-corrected chi connectivity index (χ1v) is 15.4. The Kier molecular flexibility index (Phi) is 10.7. The summed E-state index contributed by atoms with van der Waals surface area (Å²) in [5, 5.41) is 23.7. The van der Waals surface area contributed by atoms with Crippen LogP contribution in [0.4, 0.5) is 27.6 Å². The van der Waals surface area contributed by atoms with E-state index in [0.29, 0.717) is 25.8 Å². The molecule has 0 aromatic heterocycles. The minimum atomic E-state index is -5.01. The summed E-state index contributed by atoms with van der Waals surface area (Å²) in [6.07, 6.45) is -3.71. The number of carbonyl (C=O) groups excluding carboxylic acids is 1. The number of nitrogens with one attached hydrogen (secondary N) is 1. The lowest BCUT2D eigenvalue weighted by Gasteiger charge is -2.39. The molecule has 0 radical (unpaired) electrons. The third-order valence-corrected chi connectivity index (χ3v) is 8.98. The zero-order valence-corrected chi connectivity index (χ0v) is 26.9. The molecule has 3 aromatic carbocycles. The summed E-state index contributed by atoms with van der Waals surface area (Å²) in [5.74, 6) is -4.58. The number of aliphatic hydroxyl groups excluding tert-OH is 1. The Morgan fingerprint density at radius 1 is 1.07 bits per heavy atom. The fourth-order valence-electron chi connectivity index (χ4n) is 6.60. The maximum atomic E-state index is 15.9. The van der Waals surface area contributed by atoms with Crippen LogP contribution in [0.25, 0.3) is 0 Å². The lowest BCUT2D eigenvalue weighted by atomic mass is 9.62. The largest absolute Gasteiger partial charge is 0.471 e. The first-order chi connectivity index (χ1) is 21.5. The topological polar surface area (TPSA) is 76.4 Å². The van der Waals surface area contributed by atoms with Gasteiger partial charge in [-0.1, -0.05) is 74.3 Å². The predicted octanol–water partition coefficient (Wildman–Crippen LogP) is 8.43. The summed E-state index contributed by atoms with van der Waals surface area (Å²) in [5.41, 5.74) is -1.17. The maximum absolute atomic E-state index is 15.9. The van der Waals surface area contributed by atoms with Crippen LogP contribution in [0.2, 0.25) is 10.0 Å². The van der Waals surface area contributed by atoms with Crippen molar-refractivity contribution < 1.29 is 31.9 Å². The van der Waals surface area contributed by atoms with Gasteiger partial charge in [0.25, 0.3) is 0 Å². The lowest BCUT2D eigenvalue weighted by Crippen LogP contribution is -2.47. The molecule has 46 heavy (non-hydrogen) atoms. The Morgan fingerprint density at radius 3 is 2.30 bits per heavy atom. The van der Waals surface area contributed by atoms with Crippen LogP contribution in [-0.4, -0.2) is 47.3 Å². The number of alkyl halides is 3. The Hall–Kier alpha value is -3.23. The number of likely N-dealkylation sites (tertiary alicyclic amines) is 1. The van der Waals surface area contributed by atoms with Gasteiger partial charge in [0.2, 0.25) is 0 Å². The van der Waals surface area contributed by atoms with Gasteiger partial charge in [-0.3, -0.25) is 9.69 Å². The molecule has 1 saturated heterocycles. The SMILES string of the molecule is CC(C)(C)C[C@@H]1N(CCCc2ccc(NC(=O)C(F)(F)F)cc2)[C@@H](CO)[C@H](c2cccc(Cl)c2F)[C@@]1(C#N)c1ccc(Cl)cc1F. The second-order valence-corrected chi connectivity index (χ2v) is 13.6. The second-order valence-electron chi connectivity index (χ2n) is 12.7. The quantitative estimate of drug-likeness (QED) is 0.222. The molecule has 2 N–H and O–H groups in total. The molecule has 1 amide bonds. The van der Waals surface area contributed by atoms with Crippen molar-refractivity contribution in [3.63, 3.8) is 0 Å². The van der Waals surface area contributed by atoms with Crippen LogP contribution in [0.5, 0.6) is 0 Å². The molecule has 0 aliphatic carbocycles. The molecule has 0 spiro atoms. The third-order valence-electron chi connectivity index (χ3n) is 8.45. The monoisotopic (exact) mass is 681 g/mol. The van der Waals surface area contributed by atoms with Gasteiger partial charge in [-0.25, -0.2) is 8.78 Å². The highest BCUT2D eigenvalue weighted by molar-refractivity contribution is 6.31. The Morgan fingerprint density at radius 2 is 1.74 bits per heavy atom. The highest BCUT2D eigenvalue weighted by Gasteiger charge is 2.62. The molecule has 1 aliphatic heterocycles. The molecule has 4 atom stereocenters. The van der Waals surface area contributed by atoms with Gasteiger partial charge in [0, 0.05) is 34.3 Å². The molecule has 1 fully saturated rings. The summed E-state index contributed by atoms with van der Waals surface area (Å²) in [6.45, 7) is 5.78. The number of amides is 1. The van der Waals surface area contributed by atoms with Crippen molar-refractivity contribution in [1.29, 1.82) is 5.26 Å². The van der Waals surface area contributed by atoms with Crippen LogP contribution in [0.3, 0.4) is 0 Å². The molecule has 5 nitrogen and oxygen atoms in total. The summed E-state index contributed by atoms with van der Waals surface area (Å²) >= 11 is 12.3. The minimum Gasteiger partial charge on any atom is -0.395 e. The van der Waals surface area contributed by atoms with Crippen molar-refractivity contribution in [2.24, 2.45) is 5.41 Å². The number of hydrogen-bond donors (Lipinski definition) is 2. The number of benzene rings is 3. The second kappa shape index (κ2) is 13.9. The van der Waals surface area contributed by atoms with Gasteiger partial charge in [0.1, 0.15) is 17.0 Å². The first-order valence-electron chi connectivity index (χ1n) is 14.7. The number of nitriles is 1. The van der Waals surface area contributed by atoms with Crippen LogP contribution in [0.1, 0.15) is 56.2 Å². The Balaban J connectivity index is 1.76. The van der Waals surface area contributed by atoms with Crippen LogP contribution in [0, 0.1) is 28.4 Å². The van der Waals surface area contributed by atoms with E-state index in [1.807, 2.05) is 31.0 Å². The van der Waals surface area contributed by atoms with E-state index in [1.54, 1.807) is 18.2 Å². The van der Waals surface area contributed by atoms with Gasteiger partial charge in [-0.05, 0) is 72.7 Å². The van der Waals surface area contributed by atoms with E-state index < -0.39 is 53.7 Å². The van der Waals surface area contributed by atoms with Gasteiger partial charge in [0.15, 0.2) is 0 Å². The zero-order valence-electron chi connectivity index (χ0n) is 25.4. The summed E-state index contributed by atoms with van der Waals surface area (Å²) in [4.78, 5) is 13.2. The van der Waals surface area contributed by atoms with E-state index in [9.17, 15) is 28.3 Å². The molecule has 3 aromatic rings. The fraction of sp³-hybridized carbons (Fsp3) is 0.412. The van der Waals surface area contributed by atoms with Crippen molar-refractivity contribution in [3.8, 4) is 6.07 Å². The summed E-state index contributed by atoms with van der Waals surface area (Å²) in [6, 6.07) is 15.3. The summed E-state index contributed by atoms with van der Waals surface area (Å²) < 4.78 is 69.6. The molecule has 12 heteroatoms. The highest BCUT2D eigenvalue weighted by atomic mass is 35.5. The number of carbonyl (C=O) groups is 1. The van der Waals surface area contributed by atoms with E-state index in [1.165, 1.54) is 36.4 Å². The van der Waals surface area contributed by atoms with E-state index in [4.69, 9.17) is 23.2 Å². The highest BCUT2D eigenvalue weighted by Crippen LogP contribution is 2.56. The van der Waals surface area contributed by atoms with E-state index in [2.05, 4.69) is 6.07 Å². The Labute approximate surface area is 274 Å². The molecular weight excluding hydrogens is 648 g/mol. The standard InChI is InChI=1S/C34H34Cl2F5N3O2/c1-32(2,3)17-28-33(19-42,24-14-11-21(35)16-26(24)37)29(23-7-4-8-25(36)30(23)38)27(18-45)44(28)15-5-6-20-9-12-22(13-10-20)43-31(46)34(39,40)41/h4,7-14,16,27-29,45H,5-6,15,17-18H2,1-3H3,(H,43,46)/t27-,28-,29-,33-/m0/s1. The van der Waals surface area contributed by atoms with E-state index in [-0.39, 0.29) is 32.3 Å². The fourth-order valence-corrected chi connectivity index (χ4v) is 6.94. The molecule has 246 valence electrons. The van der Waals surface area contributed by atoms with Crippen LogP contribution < -0.4 is 5.32 Å². The predicted molar refractivity (Wildman–Crippen MR) is 168 cm³/mol. The van der Waals surface area contributed by atoms with Crippen molar-refractivity contribution >= 4 is 34.8 Å². The van der Waals surface area contributed by atoms with Gasteiger partial charge < -0.3 is 10.4 Å². The van der Waals surface area contributed by atoms with Crippen molar-refractivity contribution in [2.45, 2.75) is 69.6 Å². The average Bonchev–Trinajstić information content (AvgIpc) is 3.22. The van der Waals surface area contributed by atoms with Crippen molar-refractivity contribution in [1.82, 2.24) is 4.90 Å². The molecule has 0 unspecified atom stereocenters. The van der Waals surface area contributed by atoms with Crippen molar-refractivity contribution in [2.75, 3.05) is 18.5 Å². The van der Waals surface area contributed by atoms with E-state index >= 15 is 8.78 Å². The van der Waals surface area contributed by atoms with Gasteiger partial charge >= 0.3 is 12.1 Å². The lowest BCUT2D eigenvalue weighted by molar-refractivity contribution is -0.167. The molecule has 4 rings (SSSR count). The normalized spacial score (nSPS) is 22.1. The van der Waals surface area contributed by atoms with Crippen LogP contribution in [-0.2, 0) is 16.6 Å². The third kappa shape index (κ3) is 7.33. The maximum Gasteiger partial charge on any atom is 0.471 e. The number of nitrogens with zero attached hydrogens (tertiary/aromatic N) is 2. The van der Waals surface area contributed by atoms with E-state index in [0.717, 1.165) is 11.6 Å². The van der Waals surface area contributed by atoms with Gasteiger partial charge in [-0.15, -0.1) is 0 Å². The number of aliphatic hydroxyl groups is 1. The molecule has 0 saturated carbocycles. The first kappa shape index (κ1) is 35.6.